The highest BCUT2D eigenvalue weighted by Gasteiger charge is 2.13. The molecule has 0 amide bonds. The van der Waals surface area contributed by atoms with E-state index in [1.807, 2.05) is 54.6 Å². The molecule has 0 aliphatic carbocycles. The number of furan rings is 1. The lowest BCUT2D eigenvalue weighted by Gasteiger charge is -2.10. The van der Waals surface area contributed by atoms with Gasteiger partial charge in [0.15, 0.2) is 5.82 Å². The van der Waals surface area contributed by atoms with E-state index in [2.05, 4.69) is 109 Å². The first kappa shape index (κ1) is 27.0. The van der Waals surface area contributed by atoms with Gasteiger partial charge in [-0.15, -0.1) is 0 Å². The average molecular weight is 602 g/mol. The Kier molecular flexibility index (Phi) is 6.43. The van der Waals surface area contributed by atoms with Crippen LogP contribution in [-0.2, 0) is 0 Å². The number of hydrogen-bond donors (Lipinski definition) is 0. The largest absolute Gasteiger partial charge is 0.456 e. The van der Waals surface area contributed by atoms with Gasteiger partial charge in [-0.05, 0) is 58.7 Å². The lowest BCUT2D eigenvalue weighted by Crippen LogP contribution is -1.97. The molecule has 0 radical (unpaired) electrons. The first-order valence-corrected chi connectivity index (χ1v) is 15.7. The Morgan fingerprint density at radius 2 is 0.915 bits per heavy atom. The van der Waals surface area contributed by atoms with Crippen molar-refractivity contribution in [2.45, 2.75) is 0 Å². The zero-order chi connectivity index (χ0) is 31.2. The molecule has 3 aromatic heterocycles. The summed E-state index contributed by atoms with van der Waals surface area (Å²) in [5.74, 6) is 0.605. The lowest BCUT2D eigenvalue weighted by molar-refractivity contribution is 0.669. The van der Waals surface area contributed by atoms with E-state index in [0.29, 0.717) is 5.82 Å². The zero-order valence-electron chi connectivity index (χ0n) is 25.3. The normalized spacial score (nSPS) is 11.4. The van der Waals surface area contributed by atoms with Crippen LogP contribution in [-0.4, -0.2) is 15.0 Å². The molecule has 6 aromatic carbocycles. The molecule has 0 aliphatic heterocycles. The summed E-state index contributed by atoms with van der Waals surface area (Å²) in [5, 5.41) is 3.37. The fourth-order valence-corrected chi connectivity index (χ4v) is 6.25. The maximum absolute atomic E-state index is 6.02. The predicted molar refractivity (Wildman–Crippen MR) is 192 cm³/mol. The number of hydrogen-bond acceptors (Lipinski definition) is 4. The van der Waals surface area contributed by atoms with Gasteiger partial charge in [0.25, 0.3) is 0 Å². The van der Waals surface area contributed by atoms with Gasteiger partial charge in [0.05, 0.1) is 16.9 Å². The molecular weight excluding hydrogens is 574 g/mol. The molecule has 0 fully saturated rings. The molecule has 4 heteroatoms. The van der Waals surface area contributed by atoms with Crippen LogP contribution in [0.1, 0.15) is 0 Å². The molecule has 0 saturated carbocycles. The van der Waals surface area contributed by atoms with E-state index in [4.69, 9.17) is 19.4 Å². The van der Waals surface area contributed by atoms with E-state index in [1.165, 1.54) is 11.1 Å². The van der Waals surface area contributed by atoms with Gasteiger partial charge in [-0.3, -0.25) is 0 Å². The highest BCUT2D eigenvalue weighted by atomic mass is 16.3. The van der Waals surface area contributed by atoms with Crippen molar-refractivity contribution in [1.29, 1.82) is 0 Å². The maximum atomic E-state index is 6.02. The standard InChI is InChI=1S/C43H27N3O/c1-2-8-31(9-3-1)39-27-40(46-43(45-39)38-24-22-32-10-4-6-12-37(32)44-38)33-20-18-29(19-21-33)28-14-16-30(17-15-28)34-23-25-42-36(26-34)35-11-5-7-13-41(35)47-42/h1-27H. The van der Waals surface area contributed by atoms with Gasteiger partial charge in [0, 0.05) is 27.3 Å². The van der Waals surface area contributed by atoms with Gasteiger partial charge in [-0.2, -0.15) is 0 Å². The van der Waals surface area contributed by atoms with E-state index < -0.39 is 0 Å². The third kappa shape index (κ3) is 5.02. The number of fused-ring (bicyclic) bond motifs is 4. The van der Waals surface area contributed by atoms with E-state index in [9.17, 15) is 0 Å². The molecule has 0 N–H and O–H groups in total. The molecule has 0 saturated heterocycles. The Balaban J connectivity index is 1.04. The van der Waals surface area contributed by atoms with Crippen molar-refractivity contribution >= 4 is 32.8 Å². The van der Waals surface area contributed by atoms with Gasteiger partial charge < -0.3 is 4.42 Å². The first-order valence-electron chi connectivity index (χ1n) is 15.7. The van der Waals surface area contributed by atoms with E-state index in [1.54, 1.807) is 0 Å². The smallest absolute Gasteiger partial charge is 0.179 e. The van der Waals surface area contributed by atoms with Crippen molar-refractivity contribution in [2.24, 2.45) is 0 Å². The summed E-state index contributed by atoms with van der Waals surface area (Å²) >= 11 is 0. The molecule has 0 bridgehead atoms. The van der Waals surface area contributed by atoms with Crippen LogP contribution in [0, 0.1) is 0 Å². The molecule has 9 aromatic rings. The van der Waals surface area contributed by atoms with Gasteiger partial charge in [-0.25, -0.2) is 15.0 Å². The summed E-state index contributed by atoms with van der Waals surface area (Å²) in [6.45, 7) is 0. The van der Waals surface area contributed by atoms with E-state index in [-0.39, 0.29) is 0 Å². The fraction of sp³-hybridized carbons (Fsp3) is 0. The van der Waals surface area contributed by atoms with Crippen molar-refractivity contribution < 1.29 is 4.42 Å². The molecule has 9 rings (SSSR count). The fourth-order valence-electron chi connectivity index (χ4n) is 6.25. The van der Waals surface area contributed by atoms with Crippen molar-refractivity contribution in [3.63, 3.8) is 0 Å². The van der Waals surface area contributed by atoms with Crippen LogP contribution >= 0.6 is 0 Å². The zero-order valence-corrected chi connectivity index (χ0v) is 25.3. The molecule has 47 heavy (non-hydrogen) atoms. The summed E-state index contributed by atoms with van der Waals surface area (Å²) in [5.41, 5.74) is 11.9. The predicted octanol–water partition coefficient (Wildman–Crippen LogP) is 11.3. The molecule has 4 nitrogen and oxygen atoms in total. The SMILES string of the molecule is c1ccc(-c2cc(-c3ccc(-c4ccc(-c5ccc6oc7ccccc7c6c5)cc4)cc3)nc(-c3ccc4ccccc4n3)n2)cc1. The first-order chi connectivity index (χ1) is 23.2. The number of benzene rings is 6. The van der Waals surface area contributed by atoms with Crippen LogP contribution in [0.2, 0.25) is 0 Å². The Morgan fingerprint density at radius 3 is 1.68 bits per heavy atom. The number of para-hydroxylation sites is 2. The minimum atomic E-state index is 0.605. The van der Waals surface area contributed by atoms with E-state index in [0.717, 1.165) is 72.2 Å². The monoisotopic (exact) mass is 601 g/mol. The van der Waals surface area contributed by atoms with Crippen molar-refractivity contribution in [2.75, 3.05) is 0 Å². The summed E-state index contributed by atoms with van der Waals surface area (Å²) < 4.78 is 6.02. The molecule has 0 unspecified atom stereocenters. The quantitative estimate of drug-likeness (QED) is 0.197. The molecule has 220 valence electrons. The summed E-state index contributed by atoms with van der Waals surface area (Å²) in [6.07, 6.45) is 0. The maximum Gasteiger partial charge on any atom is 0.179 e. The highest BCUT2D eigenvalue weighted by molar-refractivity contribution is 6.06. The summed E-state index contributed by atoms with van der Waals surface area (Å²) in [6, 6.07) is 56.4. The van der Waals surface area contributed by atoms with Crippen molar-refractivity contribution in [3.05, 3.63) is 164 Å². The van der Waals surface area contributed by atoms with Gasteiger partial charge in [0.2, 0.25) is 0 Å². The van der Waals surface area contributed by atoms with Crippen molar-refractivity contribution in [3.8, 4) is 56.3 Å². The topological polar surface area (TPSA) is 51.8 Å². The molecule has 3 heterocycles. The third-order valence-electron chi connectivity index (χ3n) is 8.73. The second-order valence-corrected chi connectivity index (χ2v) is 11.7. The van der Waals surface area contributed by atoms with E-state index >= 15 is 0 Å². The van der Waals surface area contributed by atoms with Crippen LogP contribution in [0.25, 0.3) is 89.1 Å². The summed E-state index contributed by atoms with van der Waals surface area (Å²) in [7, 11) is 0. The number of rotatable bonds is 5. The van der Waals surface area contributed by atoms with Crippen LogP contribution in [0.3, 0.4) is 0 Å². The molecule has 0 aliphatic rings. The average Bonchev–Trinajstić information content (AvgIpc) is 3.53. The second-order valence-electron chi connectivity index (χ2n) is 11.7. The van der Waals surface area contributed by atoms with Crippen molar-refractivity contribution in [1.82, 2.24) is 15.0 Å². The number of nitrogens with zero attached hydrogens (tertiary/aromatic N) is 3. The van der Waals surface area contributed by atoms with Gasteiger partial charge in [0.1, 0.15) is 16.9 Å². The van der Waals surface area contributed by atoms with Crippen LogP contribution < -0.4 is 0 Å². The lowest BCUT2D eigenvalue weighted by atomic mass is 9.98. The van der Waals surface area contributed by atoms with Gasteiger partial charge in [-0.1, -0.05) is 127 Å². The number of aromatic nitrogens is 3. The highest BCUT2D eigenvalue weighted by Crippen LogP contribution is 2.34. The Bertz CT molecular complexity index is 2550. The number of pyridine rings is 1. The van der Waals surface area contributed by atoms with Crippen LogP contribution in [0.5, 0.6) is 0 Å². The molecule has 0 atom stereocenters. The minimum Gasteiger partial charge on any atom is -0.456 e. The second kappa shape index (κ2) is 11.2. The van der Waals surface area contributed by atoms with Crippen LogP contribution in [0.4, 0.5) is 0 Å². The molecule has 0 spiro atoms. The molecular formula is C43H27N3O. The Hall–Kier alpha value is -6.39. The Morgan fingerprint density at radius 1 is 0.340 bits per heavy atom. The third-order valence-corrected chi connectivity index (χ3v) is 8.73. The Labute approximate surface area is 271 Å². The minimum absolute atomic E-state index is 0.605. The van der Waals surface area contributed by atoms with Crippen LogP contribution in [0.15, 0.2) is 168 Å². The summed E-state index contributed by atoms with van der Waals surface area (Å²) in [4.78, 5) is 14.9. The van der Waals surface area contributed by atoms with Gasteiger partial charge >= 0.3 is 0 Å².